The van der Waals surface area contributed by atoms with Crippen molar-refractivity contribution in [3.63, 3.8) is 0 Å². The van der Waals surface area contributed by atoms with E-state index in [1.807, 2.05) is 6.07 Å². The zero-order valence-corrected chi connectivity index (χ0v) is 10.2. The number of aryl methyl sites for hydroxylation is 1. The molecular formula is C12H12BrNO. The molecular weight excluding hydrogens is 254 g/mol. The van der Waals surface area contributed by atoms with Gasteiger partial charge in [-0.3, -0.25) is 0 Å². The number of nitrogens with zero attached hydrogens (tertiary/aromatic N) is 1. The quantitative estimate of drug-likeness (QED) is 0.609. The lowest BCUT2D eigenvalue weighted by atomic mass is 9.97. The molecule has 0 radical (unpaired) electrons. The average molecular weight is 266 g/mol. The molecule has 78 valence electrons. The number of halogens is 1. The van der Waals surface area contributed by atoms with Gasteiger partial charge in [-0.2, -0.15) is 4.99 Å². The molecule has 2 rings (SSSR count). The summed E-state index contributed by atoms with van der Waals surface area (Å²) in [6.07, 6.45) is 4.60. The van der Waals surface area contributed by atoms with Gasteiger partial charge < -0.3 is 0 Å². The fourth-order valence-electron chi connectivity index (χ4n) is 1.94. The summed E-state index contributed by atoms with van der Waals surface area (Å²) in [5, 5.41) is 0. The summed E-state index contributed by atoms with van der Waals surface area (Å²) in [4.78, 5) is 14.4. The summed E-state index contributed by atoms with van der Waals surface area (Å²) in [7, 11) is 0. The van der Waals surface area contributed by atoms with Gasteiger partial charge in [-0.15, -0.1) is 0 Å². The largest absolute Gasteiger partial charge is 0.235 e. The van der Waals surface area contributed by atoms with Crippen LogP contribution in [0, 0.1) is 0 Å². The van der Waals surface area contributed by atoms with Crippen LogP contribution < -0.4 is 0 Å². The summed E-state index contributed by atoms with van der Waals surface area (Å²) in [5.41, 5.74) is 2.20. The van der Waals surface area contributed by atoms with Crippen molar-refractivity contribution in [1.29, 1.82) is 0 Å². The third-order valence-corrected chi connectivity index (χ3v) is 3.43. The summed E-state index contributed by atoms with van der Waals surface area (Å²) in [6, 6.07) is 6.20. The molecule has 0 saturated heterocycles. The Morgan fingerprint density at radius 3 is 2.80 bits per heavy atom. The molecule has 0 aliphatic heterocycles. The molecule has 0 unspecified atom stereocenters. The zero-order valence-electron chi connectivity index (χ0n) is 8.59. The molecule has 2 nitrogen and oxygen atoms in total. The van der Waals surface area contributed by atoms with Gasteiger partial charge in [0, 0.05) is 4.47 Å². The maximum Gasteiger partial charge on any atom is 0.235 e. The van der Waals surface area contributed by atoms with Crippen LogP contribution in [-0.4, -0.2) is 6.08 Å². The molecule has 0 spiro atoms. The third-order valence-electron chi connectivity index (χ3n) is 2.94. The van der Waals surface area contributed by atoms with E-state index in [0.29, 0.717) is 0 Å². The van der Waals surface area contributed by atoms with Gasteiger partial charge in [0.25, 0.3) is 0 Å². The lowest BCUT2D eigenvalue weighted by Gasteiger charge is -2.13. The molecule has 1 fully saturated rings. The van der Waals surface area contributed by atoms with Crippen LogP contribution in [0.4, 0.5) is 0 Å². The standard InChI is InChI=1S/C12H12BrNO/c1-2-9-3-4-10(13)7-11(9)12(5-6-12)14-8-15/h3-4,7H,2,5-6H2,1H3. The van der Waals surface area contributed by atoms with Gasteiger partial charge in [0.05, 0.1) is 5.54 Å². The zero-order chi connectivity index (χ0) is 10.9. The van der Waals surface area contributed by atoms with Crippen LogP contribution in [0.1, 0.15) is 30.9 Å². The van der Waals surface area contributed by atoms with Crippen molar-refractivity contribution in [2.75, 3.05) is 0 Å². The van der Waals surface area contributed by atoms with E-state index in [4.69, 9.17) is 0 Å². The fourth-order valence-corrected chi connectivity index (χ4v) is 2.30. The SMILES string of the molecule is CCc1ccc(Br)cc1C1(N=C=O)CC1. The number of benzene rings is 1. The molecule has 1 aliphatic rings. The molecule has 1 saturated carbocycles. The van der Waals surface area contributed by atoms with Gasteiger partial charge >= 0.3 is 0 Å². The Morgan fingerprint density at radius 1 is 1.53 bits per heavy atom. The Balaban J connectivity index is 2.50. The molecule has 0 aromatic heterocycles. The van der Waals surface area contributed by atoms with Crippen molar-refractivity contribution in [2.24, 2.45) is 4.99 Å². The predicted molar refractivity (Wildman–Crippen MR) is 62.6 cm³/mol. The molecule has 3 heteroatoms. The van der Waals surface area contributed by atoms with E-state index in [0.717, 1.165) is 23.7 Å². The number of rotatable bonds is 3. The second kappa shape index (κ2) is 3.92. The first-order valence-corrected chi connectivity index (χ1v) is 5.89. The van der Waals surface area contributed by atoms with Gasteiger partial charge in [-0.25, -0.2) is 4.79 Å². The van der Waals surface area contributed by atoms with Gasteiger partial charge in [0.1, 0.15) is 0 Å². The number of aliphatic imine (C=N–C) groups is 1. The number of hydrogen-bond donors (Lipinski definition) is 0. The lowest BCUT2D eigenvalue weighted by Crippen LogP contribution is -2.06. The highest BCUT2D eigenvalue weighted by molar-refractivity contribution is 9.10. The van der Waals surface area contributed by atoms with Gasteiger partial charge in [0.2, 0.25) is 6.08 Å². The Hall–Kier alpha value is -0.920. The maximum absolute atomic E-state index is 10.4. The van der Waals surface area contributed by atoms with Crippen LogP contribution in [0.2, 0.25) is 0 Å². The Morgan fingerprint density at radius 2 is 2.27 bits per heavy atom. The van der Waals surface area contributed by atoms with Crippen LogP contribution in [0.25, 0.3) is 0 Å². The molecule has 0 N–H and O–H groups in total. The summed E-state index contributed by atoms with van der Waals surface area (Å²) >= 11 is 3.46. The molecule has 0 bridgehead atoms. The monoisotopic (exact) mass is 265 g/mol. The van der Waals surface area contributed by atoms with Crippen LogP contribution in [0.5, 0.6) is 0 Å². The molecule has 0 heterocycles. The minimum absolute atomic E-state index is 0.253. The van der Waals surface area contributed by atoms with Crippen molar-refractivity contribution in [3.8, 4) is 0 Å². The van der Waals surface area contributed by atoms with E-state index < -0.39 is 0 Å². The van der Waals surface area contributed by atoms with Gasteiger partial charge in [-0.05, 0) is 42.5 Å². The number of carbonyl (C=O) groups excluding carboxylic acids is 1. The van der Waals surface area contributed by atoms with Crippen molar-refractivity contribution in [2.45, 2.75) is 31.7 Å². The number of isocyanates is 1. The first kappa shape index (κ1) is 10.6. The van der Waals surface area contributed by atoms with E-state index >= 15 is 0 Å². The minimum atomic E-state index is -0.253. The van der Waals surface area contributed by atoms with Crippen LogP contribution in [-0.2, 0) is 16.8 Å². The molecule has 0 atom stereocenters. The topological polar surface area (TPSA) is 29.4 Å². The highest BCUT2D eigenvalue weighted by Crippen LogP contribution is 2.50. The fraction of sp³-hybridized carbons (Fsp3) is 0.417. The predicted octanol–water partition coefficient (Wildman–Crippen LogP) is 3.34. The first-order chi connectivity index (χ1) is 7.22. The Bertz CT molecular complexity index is 431. The van der Waals surface area contributed by atoms with Gasteiger partial charge in [-0.1, -0.05) is 28.9 Å². The normalized spacial score (nSPS) is 16.9. The van der Waals surface area contributed by atoms with E-state index in [1.165, 1.54) is 11.1 Å². The highest BCUT2D eigenvalue weighted by Gasteiger charge is 2.45. The second-order valence-electron chi connectivity index (χ2n) is 3.89. The maximum atomic E-state index is 10.4. The molecule has 1 aliphatic carbocycles. The van der Waals surface area contributed by atoms with Crippen molar-refractivity contribution in [3.05, 3.63) is 33.8 Å². The molecule has 1 aromatic rings. The summed E-state index contributed by atoms with van der Waals surface area (Å²) < 4.78 is 1.04. The third kappa shape index (κ3) is 1.90. The molecule has 0 amide bonds. The summed E-state index contributed by atoms with van der Waals surface area (Å²) in [5.74, 6) is 0. The summed E-state index contributed by atoms with van der Waals surface area (Å²) in [6.45, 7) is 2.12. The van der Waals surface area contributed by atoms with Crippen molar-refractivity contribution < 1.29 is 4.79 Å². The van der Waals surface area contributed by atoms with Gasteiger partial charge in [0.15, 0.2) is 0 Å². The van der Waals surface area contributed by atoms with E-state index in [-0.39, 0.29) is 5.54 Å². The smallest absolute Gasteiger partial charge is 0.211 e. The van der Waals surface area contributed by atoms with Crippen LogP contribution in [0.3, 0.4) is 0 Å². The van der Waals surface area contributed by atoms with E-state index in [2.05, 4.69) is 40.0 Å². The molecule has 15 heavy (non-hydrogen) atoms. The van der Waals surface area contributed by atoms with Crippen molar-refractivity contribution >= 4 is 22.0 Å². The minimum Gasteiger partial charge on any atom is -0.211 e. The van der Waals surface area contributed by atoms with Crippen LogP contribution >= 0.6 is 15.9 Å². The van der Waals surface area contributed by atoms with E-state index in [9.17, 15) is 4.79 Å². The number of hydrogen-bond acceptors (Lipinski definition) is 2. The second-order valence-corrected chi connectivity index (χ2v) is 4.81. The first-order valence-electron chi connectivity index (χ1n) is 5.10. The molecule has 1 aromatic carbocycles. The highest BCUT2D eigenvalue weighted by atomic mass is 79.9. The van der Waals surface area contributed by atoms with Crippen molar-refractivity contribution in [1.82, 2.24) is 0 Å². The Labute approximate surface area is 97.5 Å². The Kier molecular flexibility index (Phi) is 2.76. The van der Waals surface area contributed by atoms with E-state index in [1.54, 1.807) is 6.08 Å². The average Bonchev–Trinajstić information content (AvgIpc) is 2.99. The van der Waals surface area contributed by atoms with Crippen LogP contribution in [0.15, 0.2) is 27.7 Å². The lowest BCUT2D eigenvalue weighted by molar-refractivity contribution is 0.556.